The molecule has 6 rings (SSSR count). The second-order valence-electron chi connectivity index (χ2n) is 9.23. The first-order valence-electron chi connectivity index (χ1n) is 12.2. The van der Waals surface area contributed by atoms with E-state index < -0.39 is 7.12 Å². The number of aliphatic hydroxyl groups excluding tert-OH is 1. The van der Waals surface area contributed by atoms with Crippen LogP contribution >= 0.6 is 0 Å². The van der Waals surface area contributed by atoms with Gasteiger partial charge in [-0.15, -0.1) is 0 Å². The van der Waals surface area contributed by atoms with Crippen molar-refractivity contribution in [1.29, 1.82) is 0 Å². The molecule has 0 bridgehead atoms. The zero-order valence-corrected chi connectivity index (χ0v) is 19.7. The Bertz CT molecular complexity index is 1590. The monoisotopic (exact) mass is 468 g/mol. The Morgan fingerprint density at radius 3 is 1.64 bits per heavy atom. The molecule has 0 amide bonds. The lowest BCUT2D eigenvalue weighted by Gasteiger charge is -2.19. The lowest BCUT2D eigenvalue weighted by molar-refractivity contribution is 0.392. The second-order valence-corrected chi connectivity index (χ2v) is 9.23. The molecule has 0 heterocycles. The van der Waals surface area contributed by atoms with Crippen LogP contribution in [0.1, 0.15) is 24.0 Å². The van der Waals surface area contributed by atoms with E-state index in [9.17, 15) is 15.2 Å². The Hall–Kier alpha value is -4.12. The van der Waals surface area contributed by atoms with Crippen LogP contribution in [0.3, 0.4) is 0 Å². The number of allylic oxidation sites excluding steroid dienone is 4. The van der Waals surface area contributed by atoms with Gasteiger partial charge in [-0.25, -0.2) is 0 Å². The van der Waals surface area contributed by atoms with Gasteiger partial charge in [-0.05, 0) is 67.3 Å². The van der Waals surface area contributed by atoms with Crippen molar-refractivity contribution in [1.82, 2.24) is 0 Å². The van der Waals surface area contributed by atoms with E-state index in [1.165, 1.54) is 5.57 Å². The minimum absolute atomic E-state index is 0.436. The Kier molecular flexibility index (Phi) is 5.69. The highest BCUT2D eigenvalue weighted by Gasteiger charge is 2.22. The van der Waals surface area contributed by atoms with Crippen LogP contribution in [0, 0.1) is 0 Å². The summed E-state index contributed by atoms with van der Waals surface area (Å²) in [6, 6.07) is 34.4. The van der Waals surface area contributed by atoms with Crippen LogP contribution in [-0.4, -0.2) is 22.3 Å². The van der Waals surface area contributed by atoms with Crippen molar-refractivity contribution in [2.75, 3.05) is 0 Å². The molecule has 0 saturated heterocycles. The largest absolute Gasteiger partial charge is 0.512 e. The maximum absolute atomic E-state index is 10.5. The van der Waals surface area contributed by atoms with E-state index in [0.29, 0.717) is 17.6 Å². The fourth-order valence-electron chi connectivity index (χ4n) is 5.42. The van der Waals surface area contributed by atoms with Gasteiger partial charge in [0.25, 0.3) is 0 Å². The Balaban J connectivity index is 1.48. The van der Waals surface area contributed by atoms with Gasteiger partial charge >= 0.3 is 7.12 Å². The summed E-state index contributed by atoms with van der Waals surface area (Å²) in [6.07, 6.45) is 3.51. The zero-order valence-electron chi connectivity index (χ0n) is 19.7. The fourth-order valence-corrected chi connectivity index (χ4v) is 5.42. The molecule has 0 spiro atoms. The number of benzene rings is 5. The van der Waals surface area contributed by atoms with Crippen LogP contribution in [0.25, 0.3) is 43.8 Å². The average molecular weight is 468 g/mol. The lowest BCUT2D eigenvalue weighted by Crippen LogP contribution is -2.31. The van der Waals surface area contributed by atoms with Gasteiger partial charge in [-0.1, -0.05) is 103 Å². The van der Waals surface area contributed by atoms with E-state index in [-0.39, 0.29) is 0 Å². The standard InChI is InChI=1S/C32H25BO3/c34-30-19-18-24(20-29(30)22-8-2-1-3-9-22)21-14-16-23(17-15-21)31-25-10-4-6-12-27(25)32(33(35)36)28-13-7-5-11-26(28)31/h1-17,20,34-36H,18-19H2. The average Bonchev–Trinajstić information content (AvgIpc) is 2.92. The maximum atomic E-state index is 10.5. The quantitative estimate of drug-likeness (QED) is 0.209. The number of hydrogen-bond acceptors (Lipinski definition) is 3. The van der Waals surface area contributed by atoms with Crippen molar-refractivity contribution in [3.63, 3.8) is 0 Å². The zero-order chi connectivity index (χ0) is 24.6. The summed E-state index contributed by atoms with van der Waals surface area (Å²) in [5.41, 5.74) is 6.93. The SMILES string of the molecule is OB(O)c1c2ccccc2c(-c2ccc(C3=CC(c4ccccc4)=C(O)CC3)cc2)c2ccccc12. The predicted octanol–water partition coefficient (Wildman–Crippen LogP) is 6.49. The topological polar surface area (TPSA) is 60.7 Å². The van der Waals surface area contributed by atoms with Crippen molar-refractivity contribution < 1.29 is 15.2 Å². The first kappa shape index (κ1) is 22.4. The minimum Gasteiger partial charge on any atom is -0.512 e. The molecule has 0 radical (unpaired) electrons. The molecule has 0 aliphatic heterocycles. The van der Waals surface area contributed by atoms with Crippen LogP contribution in [0.5, 0.6) is 0 Å². The van der Waals surface area contributed by atoms with Gasteiger partial charge in [0.2, 0.25) is 0 Å². The molecule has 36 heavy (non-hydrogen) atoms. The molecule has 1 aliphatic rings. The highest BCUT2D eigenvalue weighted by Crippen LogP contribution is 2.38. The number of rotatable bonds is 4. The molecule has 1 aliphatic carbocycles. The lowest BCUT2D eigenvalue weighted by atomic mass is 9.72. The third-order valence-corrected chi connectivity index (χ3v) is 7.12. The summed E-state index contributed by atoms with van der Waals surface area (Å²) in [5, 5.41) is 34.6. The Morgan fingerprint density at radius 2 is 1.06 bits per heavy atom. The number of hydrogen-bond donors (Lipinski definition) is 3. The predicted molar refractivity (Wildman–Crippen MR) is 150 cm³/mol. The smallest absolute Gasteiger partial charge is 0.489 e. The van der Waals surface area contributed by atoms with Crippen molar-refractivity contribution in [2.24, 2.45) is 0 Å². The van der Waals surface area contributed by atoms with Crippen molar-refractivity contribution in [2.45, 2.75) is 12.8 Å². The first-order valence-corrected chi connectivity index (χ1v) is 12.2. The molecular weight excluding hydrogens is 443 g/mol. The summed E-state index contributed by atoms with van der Waals surface area (Å²) in [5.74, 6) is 0.436. The van der Waals surface area contributed by atoms with Gasteiger partial charge < -0.3 is 15.2 Å². The summed E-state index contributed by atoms with van der Waals surface area (Å²) in [7, 11) is -1.56. The van der Waals surface area contributed by atoms with E-state index in [0.717, 1.165) is 55.8 Å². The molecule has 3 N–H and O–H groups in total. The van der Waals surface area contributed by atoms with E-state index in [1.54, 1.807) is 0 Å². The van der Waals surface area contributed by atoms with Crippen LogP contribution < -0.4 is 5.46 Å². The molecule has 0 fully saturated rings. The summed E-state index contributed by atoms with van der Waals surface area (Å²) >= 11 is 0. The first-order chi connectivity index (χ1) is 17.6. The molecule has 0 saturated carbocycles. The van der Waals surface area contributed by atoms with Gasteiger partial charge in [0.1, 0.15) is 5.76 Å². The Labute approximate surface area is 210 Å². The van der Waals surface area contributed by atoms with Gasteiger partial charge in [0, 0.05) is 12.0 Å². The van der Waals surface area contributed by atoms with Crippen LogP contribution in [0.4, 0.5) is 0 Å². The summed E-state index contributed by atoms with van der Waals surface area (Å²) in [6.45, 7) is 0. The summed E-state index contributed by atoms with van der Waals surface area (Å²) in [4.78, 5) is 0. The highest BCUT2D eigenvalue weighted by atomic mass is 16.4. The molecule has 0 atom stereocenters. The van der Waals surface area contributed by atoms with E-state index in [1.807, 2.05) is 78.9 Å². The normalized spacial score (nSPS) is 13.8. The van der Waals surface area contributed by atoms with Crippen LogP contribution in [-0.2, 0) is 0 Å². The van der Waals surface area contributed by atoms with Gasteiger partial charge in [-0.3, -0.25) is 0 Å². The van der Waals surface area contributed by atoms with Gasteiger partial charge in [0.15, 0.2) is 0 Å². The van der Waals surface area contributed by atoms with Gasteiger partial charge in [-0.2, -0.15) is 0 Å². The molecule has 174 valence electrons. The molecule has 0 unspecified atom stereocenters. The van der Waals surface area contributed by atoms with Crippen LogP contribution in [0.2, 0.25) is 0 Å². The molecule has 4 heteroatoms. The molecule has 5 aromatic rings. The van der Waals surface area contributed by atoms with E-state index in [4.69, 9.17) is 0 Å². The third-order valence-electron chi connectivity index (χ3n) is 7.12. The fraction of sp³-hybridized carbons (Fsp3) is 0.0625. The third kappa shape index (κ3) is 3.81. The highest BCUT2D eigenvalue weighted by molar-refractivity contribution is 6.66. The van der Waals surface area contributed by atoms with Crippen molar-refractivity contribution >= 4 is 45.3 Å². The maximum Gasteiger partial charge on any atom is 0.489 e. The van der Waals surface area contributed by atoms with Gasteiger partial charge in [0.05, 0.1) is 0 Å². The molecule has 3 nitrogen and oxygen atoms in total. The van der Waals surface area contributed by atoms with E-state index >= 15 is 0 Å². The minimum atomic E-state index is -1.56. The molecular formula is C32H25BO3. The molecule has 0 aromatic heterocycles. The van der Waals surface area contributed by atoms with Crippen molar-refractivity contribution in [3.05, 3.63) is 126 Å². The van der Waals surface area contributed by atoms with Crippen molar-refractivity contribution in [3.8, 4) is 11.1 Å². The Morgan fingerprint density at radius 1 is 0.528 bits per heavy atom. The van der Waals surface area contributed by atoms with E-state index in [2.05, 4.69) is 30.3 Å². The summed E-state index contributed by atoms with van der Waals surface area (Å²) < 4.78 is 0. The number of aliphatic hydroxyl groups is 1. The van der Waals surface area contributed by atoms with Crippen LogP contribution in [0.15, 0.2) is 115 Å². The number of fused-ring (bicyclic) bond motifs is 2. The molecule has 5 aromatic carbocycles. The second kappa shape index (κ2) is 9.16.